The Bertz CT molecular complexity index is 884. The topological polar surface area (TPSA) is 47.2 Å². The van der Waals surface area contributed by atoms with Crippen molar-refractivity contribution in [2.75, 3.05) is 14.2 Å². The van der Waals surface area contributed by atoms with E-state index in [0.29, 0.717) is 21.3 Å². The Hall–Kier alpha value is -2.24. The van der Waals surface area contributed by atoms with Crippen molar-refractivity contribution in [1.82, 2.24) is 4.57 Å². The number of rotatable bonds is 4. The molecule has 0 saturated carbocycles. The van der Waals surface area contributed by atoms with Crippen LogP contribution in [0.1, 0.15) is 0 Å². The van der Waals surface area contributed by atoms with Gasteiger partial charge in [0.2, 0.25) is 0 Å². The van der Waals surface area contributed by atoms with Crippen LogP contribution in [0.5, 0.6) is 11.5 Å². The SMILES string of the molecule is COc1ccc(-n2c(-c3ccc(Cl)cc3)csc2=N)cc1OC. The van der Waals surface area contributed by atoms with Crippen LogP contribution in [-0.2, 0) is 0 Å². The van der Waals surface area contributed by atoms with Crippen LogP contribution in [0.3, 0.4) is 0 Å². The van der Waals surface area contributed by atoms with Crippen molar-refractivity contribution < 1.29 is 9.47 Å². The Kier molecular flexibility index (Phi) is 4.41. The second kappa shape index (κ2) is 6.48. The van der Waals surface area contributed by atoms with E-state index in [2.05, 4.69) is 0 Å². The summed E-state index contributed by atoms with van der Waals surface area (Å²) in [4.78, 5) is 0.433. The lowest BCUT2D eigenvalue weighted by atomic mass is 10.1. The monoisotopic (exact) mass is 346 g/mol. The zero-order valence-electron chi connectivity index (χ0n) is 12.7. The lowest BCUT2D eigenvalue weighted by Crippen LogP contribution is -2.12. The molecule has 1 aromatic heterocycles. The van der Waals surface area contributed by atoms with E-state index in [9.17, 15) is 0 Å². The fourth-order valence-electron chi connectivity index (χ4n) is 2.36. The molecule has 0 amide bonds. The van der Waals surface area contributed by atoms with Gasteiger partial charge in [-0.2, -0.15) is 0 Å². The van der Waals surface area contributed by atoms with Gasteiger partial charge < -0.3 is 9.47 Å². The molecule has 1 heterocycles. The third-order valence-electron chi connectivity index (χ3n) is 3.49. The van der Waals surface area contributed by atoms with Crippen LogP contribution in [0.15, 0.2) is 47.8 Å². The molecule has 0 spiro atoms. The summed E-state index contributed by atoms with van der Waals surface area (Å²) in [6, 6.07) is 13.2. The fourth-order valence-corrected chi connectivity index (χ4v) is 3.26. The van der Waals surface area contributed by atoms with Crippen molar-refractivity contribution in [1.29, 1.82) is 5.41 Å². The number of aromatic nitrogens is 1. The highest BCUT2D eigenvalue weighted by Crippen LogP contribution is 2.31. The normalized spacial score (nSPS) is 10.6. The maximum atomic E-state index is 8.23. The Morgan fingerprint density at radius 2 is 1.70 bits per heavy atom. The van der Waals surface area contributed by atoms with Crippen molar-refractivity contribution in [2.24, 2.45) is 0 Å². The van der Waals surface area contributed by atoms with Crippen LogP contribution in [0, 0.1) is 5.41 Å². The lowest BCUT2D eigenvalue weighted by Gasteiger charge is -2.12. The number of halogens is 1. The molecule has 118 valence electrons. The van der Waals surface area contributed by atoms with E-state index in [0.717, 1.165) is 16.9 Å². The van der Waals surface area contributed by atoms with Crippen molar-refractivity contribution in [3.63, 3.8) is 0 Å². The third-order valence-corrected chi connectivity index (χ3v) is 4.49. The minimum Gasteiger partial charge on any atom is -0.493 e. The van der Waals surface area contributed by atoms with Gasteiger partial charge in [-0.3, -0.25) is 9.98 Å². The van der Waals surface area contributed by atoms with E-state index in [1.807, 2.05) is 52.4 Å². The van der Waals surface area contributed by atoms with E-state index in [4.69, 9.17) is 26.5 Å². The van der Waals surface area contributed by atoms with Gasteiger partial charge in [0.1, 0.15) is 0 Å². The lowest BCUT2D eigenvalue weighted by molar-refractivity contribution is 0.355. The van der Waals surface area contributed by atoms with Crippen LogP contribution in [0.4, 0.5) is 0 Å². The van der Waals surface area contributed by atoms with Crippen molar-refractivity contribution in [2.45, 2.75) is 0 Å². The summed E-state index contributed by atoms with van der Waals surface area (Å²) in [5.74, 6) is 1.29. The minimum absolute atomic E-state index is 0.433. The van der Waals surface area contributed by atoms with E-state index >= 15 is 0 Å². The summed E-state index contributed by atoms with van der Waals surface area (Å²) >= 11 is 7.34. The quantitative estimate of drug-likeness (QED) is 0.763. The fraction of sp³-hybridized carbons (Fsp3) is 0.118. The molecule has 0 saturated heterocycles. The zero-order chi connectivity index (χ0) is 16.4. The summed E-state index contributed by atoms with van der Waals surface area (Å²) in [5.41, 5.74) is 2.78. The standard InChI is InChI=1S/C17H15ClN2O2S/c1-21-15-8-7-13(9-16(15)22-2)20-14(10-23-17(20)19)11-3-5-12(18)6-4-11/h3-10,19H,1-2H3. The molecule has 0 bridgehead atoms. The molecular weight excluding hydrogens is 332 g/mol. The maximum Gasteiger partial charge on any atom is 0.187 e. The first kappa shape index (κ1) is 15.6. The Morgan fingerprint density at radius 3 is 2.35 bits per heavy atom. The van der Waals surface area contributed by atoms with Gasteiger partial charge in [0.05, 0.1) is 25.6 Å². The average molecular weight is 347 g/mol. The summed E-state index contributed by atoms with van der Waals surface area (Å²) in [5, 5.41) is 10.9. The molecule has 3 rings (SSSR count). The predicted molar refractivity (Wildman–Crippen MR) is 93.1 cm³/mol. The molecule has 0 fully saturated rings. The van der Waals surface area contributed by atoms with Crippen LogP contribution >= 0.6 is 22.9 Å². The van der Waals surface area contributed by atoms with Gasteiger partial charge in [-0.15, -0.1) is 11.3 Å². The van der Waals surface area contributed by atoms with Gasteiger partial charge in [0, 0.05) is 16.5 Å². The highest BCUT2D eigenvalue weighted by Gasteiger charge is 2.12. The number of benzene rings is 2. The number of nitrogens with one attached hydrogen (secondary N) is 1. The molecule has 0 aliphatic heterocycles. The van der Waals surface area contributed by atoms with E-state index < -0.39 is 0 Å². The van der Waals surface area contributed by atoms with Gasteiger partial charge in [-0.05, 0) is 29.8 Å². The first-order valence-electron chi connectivity index (χ1n) is 6.87. The zero-order valence-corrected chi connectivity index (χ0v) is 14.2. The number of ether oxygens (including phenoxy) is 2. The largest absolute Gasteiger partial charge is 0.493 e. The van der Waals surface area contributed by atoms with Crippen molar-refractivity contribution in [3.8, 4) is 28.4 Å². The van der Waals surface area contributed by atoms with Crippen molar-refractivity contribution in [3.05, 3.63) is 57.7 Å². The molecule has 0 aliphatic carbocycles. The average Bonchev–Trinajstić information content (AvgIpc) is 2.96. The molecule has 6 heteroatoms. The maximum absolute atomic E-state index is 8.23. The molecule has 0 unspecified atom stereocenters. The minimum atomic E-state index is 0.433. The Morgan fingerprint density at radius 1 is 1.00 bits per heavy atom. The second-order valence-electron chi connectivity index (χ2n) is 4.81. The molecule has 0 radical (unpaired) electrons. The number of hydrogen-bond acceptors (Lipinski definition) is 4. The van der Waals surface area contributed by atoms with Crippen LogP contribution in [-0.4, -0.2) is 18.8 Å². The highest BCUT2D eigenvalue weighted by atomic mass is 35.5. The van der Waals surface area contributed by atoms with Gasteiger partial charge in [-0.25, -0.2) is 0 Å². The first-order valence-corrected chi connectivity index (χ1v) is 8.13. The molecule has 1 N–H and O–H groups in total. The molecule has 0 aliphatic rings. The molecule has 2 aromatic carbocycles. The van der Waals surface area contributed by atoms with Gasteiger partial charge in [0.15, 0.2) is 16.3 Å². The van der Waals surface area contributed by atoms with Crippen molar-refractivity contribution >= 4 is 22.9 Å². The second-order valence-corrected chi connectivity index (χ2v) is 6.10. The van der Waals surface area contributed by atoms with Gasteiger partial charge in [-0.1, -0.05) is 23.7 Å². The molecule has 4 nitrogen and oxygen atoms in total. The number of nitrogens with zero attached hydrogens (tertiary/aromatic N) is 1. The van der Waals surface area contributed by atoms with Crippen LogP contribution in [0.2, 0.25) is 5.02 Å². The van der Waals surface area contributed by atoms with Crippen LogP contribution in [0.25, 0.3) is 16.9 Å². The van der Waals surface area contributed by atoms with E-state index in [-0.39, 0.29) is 0 Å². The number of thiazole rings is 1. The summed E-state index contributed by atoms with van der Waals surface area (Å²) in [6.45, 7) is 0. The molecule has 0 atom stereocenters. The van der Waals surface area contributed by atoms with Crippen LogP contribution < -0.4 is 14.3 Å². The summed E-state index contributed by atoms with van der Waals surface area (Å²) < 4.78 is 12.5. The first-order chi connectivity index (χ1) is 11.1. The third kappa shape index (κ3) is 2.98. The van der Waals surface area contributed by atoms with E-state index in [1.165, 1.54) is 11.3 Å². The van der Waals surface area contributed by atoms with Gasteiger partial charge in [0.25, 0.3) is 0 Å². The number of hydrogen-bond donors (Lipinski definition) is 1. The summed E-state index contributed by atoms with van der Waals surface area (Å²) in [7, 11) is 3.20. The highest BCUT2D eigenvalue weighted by molar-refractivity contribution is 7.07. The van der Waals surface area contributed by atoms with Gasteiger partial charge >= 0.3 is 0 Å². The molecule has 3 aromatic rings. The van der Waals surface area contributed by atoms with E-state index in [1.54, 1.807) is 14.2 Å². The molecular formula is C17H15ClN2O2S. The number of methoxy groups -OCH3 is 2. The molecule has 23 heavy (non-hydrogen) atoms. The Balaban J connectivity index is 2.16. The predicted octanol–water partition coefficient (Wildman–Crippen LogP) is 4.36. The Labute approximate surface area is 143 Å². The summed E-state index contributed by atoms with van der Waals surface area (Å²) in [6.07, 6.45) is 0. The smallest absolute Gasteiger partial charge is 0.187 e.